The van der Waals surface area contributed by atoms with E-state index in [1.807, 2.05) is 30.3 Å². The topological polar surface area (TPSA) is 723 Å². The molecule has 5 fully saturated rings. The average Bonchev–Trinajstić information content (AvgIpc) is 0.728. The predicted octanol–water partition coefficient (Wildman–Crippen LogP) is 17.6. The molecule has 62 heteroatoms. The summed E-state index contributed by atoms with van der Waals surface area (Å²) in [5, 5.41) is 30.1. The summed E-state index contributed by atoms with van der Waals surface area (Å²) < 4.78 is 225. The van der Waals surface area contributed by atoms with Crippen LogP contribution >= 0.6 is 99.2 Å². The van der Waals surface area contributed by atoms with Gasteiger partial charge in [-0.05, 0) is 145 Å². The molecule has 5 saturated heterocycles. The van der Waals surface area contributed by atoms with Gasteiger partial charge in [-0.2, -0.15) is 0 Å². The van der Waals surface area contributed by atoms with Crippen molar-refractivity contribution in [2.45, 2.75) is 195 Å². The van der Waals surface area contributed by atoms with E-state index in [1.165, 1.54) is 115 Å². The number of para-hydroxylation sites is 5. The summed E-state index contributed by atoms with van der Waals surface area (Å²) in [5.41, 5.74) is 6.34. The number of rotatable bonds is 33. The maximum absolute atomic E-state index is 13.3. The predicted molar refractivity (Wildman–Crippen MR) is 520 cm³/mol. The molecule has 0 radical (unpaired) electrons. The zero-order chi connectivity index (χ0) is 110. The van der Waals surface area contributed by atoms with Crippen molar-refractivity contribution in [3.63, 3.8) is 0 Å². The van der Waals surface area contributed by atoms with Gasteiger partial charge >= 0.3 is 98.2 Å². The second-order valence-electron chi connectivity index (χ2n) is 33.0. The minimum Gasteiger partial charge on any atom is -0.466 e. The molecule has 16 N–H and O–H groups in total. The first kappa shape index (κ1) is 125. The lowest BCUT2D eigenvalue weighted by Gasteiger charge is -2.41. The molecule has 10 unspecified atom stereocenters. The fourth-order valence-electron chi connectivity index (χ4n) is 13.0. The summed E-state index contributed by atoms with van der Waals surface area (Å²) in [6.45, 7) is 24.7. The number of halogens is 2. The van der Waals surface area contributed by atoms with Crippen LogP contribution in [0.4, 0.5) is 14.4 Å². The van der Waals surface area contributed by atoms with E-state index < -0.39 is 188 Å². The highest BCUT2D eigenvalue weighted by Crippen LogP contribution is 2.85. The monoisotopic (exact) mass is 2310 g/mol. The van der Waals surface area contributed by atoms with Gasteiger partial charge in [-0.25, -0.2) is 19.0 Å². The summed E-state index contributed by atoms with van der Waals surface area (Å²) in [6, 6.07) is 41.5. The Morgan fingerprint density at radius 3 is 0.993 bits per heavy atom. The number of unbranched alkanes of at least 4 members (excludes halogenated alkanes) is 2. The summed E-state index contributed by atoms with van der Waals surface area (Å²) >= 11 is 11.0. The minimum atomic E-state index is -5.24. The summed E-state index contributed by atoms with van der Waals surface area (Å²) in [6.07, 6.45) is -9.22. The number of hydrogen-bond donors (Lipinski definition) is 15. The number of benzene rings is 6. The number of pyridine rings is 1. The molecule has 0 saturated carbocycles. The van der Waals surface area contributed by atoms with E-state index in [0.29, 0.717) is 38.8 Å². The molecule has 10 atom stereocenters. The second-order valence-corrected chi connectivity index (χ2v) is 57.2. The second kappa shape index (κ2) is 51.7. The number of aromatic nitrogens is 1. The van der Waals surface area contributed by atoms with Crippen LogP contribution in [0.15, 0.2) is 201 Å². The van der Waals surface area contributed by atoms with Crippen molar-refractivity contribution >= 4 is 118 Å². The van der Waals surface area contributed by atoms with Crippen molar-refractivity contribution in [2.24, 2.45) is 5.73 Å². The number of nitrogens with zero attached hydrogens (tertiary/aromatic N) is 2. The summed E-state index contributed by atoms with van der Waals surface area (Å²) in [7, 11) is -48.7. The van der Waals surface area contributed by atoms with Gasteiger partial charge in [-0.1, -0.05) is 164 Å². The SMILES string of the molecule is C=C(OCC)Oc1ccccc1C1OP(=O)(O)C(C)(O)P(=O)(O)O1.C=C(OCC)Oc1ccccc1C1OP(=O)(O)C(Cl)(Cl)P(=O)(O)O1.CC(C)OC(=O)Oc1ccccc1C1OP(=O)(O)C(O)(CCCN)P(=O)(O)O1.CC(C)OC(=O)Oc1ccccc1C1OP(=O)(O)C(O)(Cc2ccc[n+](Cc3ccccc3)c2)P(=O)(O)O1.CCCCCN(C)CCC1(O)P(=O)(O)OC(c2ccccc2OC(=O)OC(C)C)OP1(=O)O. The van der Waals surface area contributed by atoms with Crippen LogP contribution in [0, 0.1) is 0 Å². The van der Waals surface area contributed by atoms with Gasteiger partial charge in [0.2, 0.25) is 31.5 Å². The molecule has 1 aromatic heterocycles. The largest absolute Gasteiger partial charge is 0.514 e. The molecule has 0 aliphatic carbocycles. The number of carbonyl (C=O) groups is 3. The molecule has 6 heterocycles. The van der Waals surface area contributed by atoms with E-state index in [0.717, 1.165) is 24.8 Å². The molecule has 5 aliphatic rings. The van der Waals surface area contributed by atoms with Crippen LogP contribution in [-0.4, -0.2) is 175 Å². The normalized spacial score (nSPS) is 31.1. The van der Waals surface area contributed by atoms with Crippen LogP contribution < -0.4 is 34.0 Å². The lowest BCUT2D eigenvalue weighted by atomic mass is 10.2. The molecule has 0 spiro atoms. The smallest absolute Gasteiger partial charge is 0.466 e. The van der Waals surface area contributed by atoms with Crippen molar-refractivity contribution in [3.8, 4) is 28.7 Å². The fourth-order valence-corrected chi connectivity index (χ4v) is 29.9. The molecule has 12 rings (SSSR count). The standard InChI is InChI=1S/C25H27NO10P2.C20H33NO10P2.C15H23NO10P2.C13H18O9P2.C12H14Cl2O8P2/c1-18(2)33-24(27)34-22-13-7-6-12-21(22)23-35-37(29,30)25(28,38(31,32)36-23)15-20-11-8-14-26(17-20)16-19-9-4-3-5-10-19;1-5-6-9-13-21(4)14-12-20(23)32(24,25)30-18(31-33(20,26)27)16-10-7-8-11-17(16)29-19(22)28-15(2)3;1-10(2)23-14(17)24-12-7-4-3-6-11(12)13-25-27(19,20)15(18,8-5-9-16)28(21,22)26-13;1-4-19-9(2)20-11-8-6-5-7-10(11)12-21-23(15,16)13(3,14)24(17,18)22-12;1-3-19-8(2)20-10-7-5-4-6-9(10)11-21-23(15,16)12(13,14)24(17,18)22-11/h3-14,17-18,23,28H,15-16H2,1-2H3,(H-,29,30,31,32);7-8,10-11,15,18,23H,5-6,9,12-14H2,1-4H3,(H,24,25)(H,26,27);3-4,6-7,10,13,18H,5,8-9,16H2,1-2H3,(H,19,20)(H,21,22);5-8,12,14H,2,4H2,1,3H3,(H,15,16)(H,17,18);4-7,11H,2-3H2,1H3,(H,15,16)(H,17,18)/p+1. The first-order valence-corrected chi connectivity index (χ1v) is 60.6. The van der Waals surface area contributed by atoms with Gasteiger partial charge in [0.1, 0.15) is 28.7 Å². The number of alkyl halides is 2. The van der Waals surface area contributed by atoms with Crippen molar-refractivity contribution in [3.05, 3.63) is 240 Å². The van der Waals surface area contributed by atoms with Crippen LogP contribution in [0.3, 0.4) is 0 Å². The van der Waals surface area contributed by atoms with Gasteiger partial charge in [0, 0.05) is 43.0 Å². The first-order chi connectivity index (χ1) is 68.2. The molecule has 0 amide bonds. The highest BCUT2D eigenvalue weighted by molar-refractivity contribution is 7.80. The number of aliphatic hydroxyl groups is 4. The molecule has 6 aromatic carbocycles. The van der Waals surface area contributed by atoms with Crippen molar-refractivity contribution in [1.29, 1.82) is 0 Å². The zero-order valence-electron chi connectivity index (χ0n) is 80.4. The maximum atomic E-state index is 13.3. The van der Waals surface area contributed by atoms with Gasteiger partial charge in [0.15, 0.2) is 18.9 Å². The lowest BCUT2D eigenvalue weighted by Crippen LogP contribution is -2.39. The maximum Gasteiger partial charge on any atom is 0.514 e. The molecule has 5 aliphatic heterocycles. The van der Waals surface area contributed by atoms with E-state index >= 15 is 0 Å². The molecule has 50 nitrogen and oxygen atoms in total. The van der Waals surface area contributed by atoms with Crippen LogP contribution in [0.25, 0.3) is 0 Å². The first-order valence-electron chi connectivity index (χ1n) is 44.1. The van der Waals surface area contributed by atoms with Crippen LogP contribution in [0.1, 0.15) is 178 Å². The molecule has 147 heavy (non-hydrogen) atoms. The third-order valence-electron chi connectivity index (χ3n) is 20.6. The highest BCUT2D eigenvalue weighted by Gasteiger charge is 2.72. The Balaban J connectivity index is 0.000000227. The Hall–Kier alpha value is -7.20. The highest BCUT2D eigenvalue weighted by atomic mass is 35.5. The number of ether oxygens (including phenoxy) is 10. The summed E-state index contributed by atoms with van der Waals surface area (Å²) in [5.74, 6) is -0.449. The molecule has 0 bridgehead atoms. The quantitative estimate of drug-likeness (QED) is 0.00265. The van der Waals surface area contributed by atoms with E-state index in [1.54, 1.807) is 102 Å². The Morgan fingerprint density at radius 1 is 0.395 bits per heavy atom. The average molecular weight is 2310 g/mol. The number of hydrogen-bond acceptors (Lipinski definition) is 39. The molecule has 816 valence electrons. The zero-order valence-corrected chi connectivity index (χ0v) is 90.9. The summed E-state index contributed by atoms with van der Waals surface area (Å²) in [4.78, 5) is 139. The van der Waals surface area contributed by atoms with Crippen molar-refractivity contribution < 1.29 is 227 Å². The Kier molecular flexibility index (Phi) is 43.9. The number of carbonyl (C=O) groups excluding carboxylic acids is 3. The van der Waals surface area contributed by atoms with Crippen LogP contribution in [0.5, 0.6) is 28.7 Å². The number of nitrogens with two attached hydrogens (primary N) is 1. The molecular formula is C85H116Cl2N3O47P10+. The van der Waals surface area contributed by atoms with Gasteiger partial charge in [-0.15, -0.1) is 0 Å². The third-order valence-corrected chi connectivity index (χ3v) is 45.7. The minimum absolute atomic E-state index is 0.000372. The van der Waals surface area contributed by atoms with Gasteiger partial charge < -0.3 is 127 Å². The van der Waals surface area contributed by atoms with Gasteiger partial charge in [-0.3, -0.25) is 90.9 Å². The Morgan fingerprint density at radius 2 is 0.680 bits per heavy atom. The van der Waals surface area contributed by atoms with E-state index in [4.69, 9.17) is 122 Å². The van der Waals surface area contributed by atoms with Crippen molar-refractivity contribution in [2.75, 3.05) is 39.9 Å². The third kappa shape index (κ3) is 31.1. The Labute approximate surface area is 853 Å². The van der Waals surface area contributed by atoms with Gasteiger partial charge in [0.25, 0.3) is 32.2 Å². The van der Waals surface area contributed by atoms with Crippen LogP contribution in [-0.2, 0) is 128 Å². The Bertz CT molecular complexity index is 6030. The lowest BCUT2D eigenvalue weighted by molar-refractivity contribution is -0.688. The fraction of sp³-hybridized carbons (Fsp3) is 0.435. The van der Waals surface area contributed by atoms with Crippen molar-refractivity contribution in [1.82, 2.24) is 4.90 Å². The van der Waals surface area contributed by atoms with Crippen LogP contribution in [0.2, 0.25) is 0 Å². The van der Waals surface area contributed by atoms with E-state index in [-0.39, 0.29) is 88.0 Å². The van der Waals surface area contributed by atoms with Gasteiger partial charge in [0.05, 0.1) is 59.3 Å². The van der Waals surface area contributed by atoms with E-state index in [9.17, 15) is 129 Å². The molecular weight excluding hydrogens is 2200 g/mol. The van der Waals surface area contributed by atoms with E-state index in [2.05, 4.69) is 20.1 Å². The molecule has 7 aromatic rings.